The van der Waals surface area contributed by atoms with Gasteiger partial charge in [-0.25, -0.2) is 33.0 Å². The molecular formula is C47H60N8O10S2. The van der Waals surface area contributed by atoms with Gasteiger partial charge in [-0.05, 0) is 63.8 Å². The summed E-state index contributed by atoms with van der Waals surface area (Å²) in [6, 6.07) is 9.52. The van der Waals surface area contributed by atoms with Crippen molar-refractivity contribution in [3.63, 3.8) is 0 Å². The Morgan fingerprint density at radius 2 is 1.88 bits per heavy atom. The number of carbonyl (C=O) groups is 4. The third-order valence-electron chi connectivity index (χ3n) is 12.3. The zero-order chi connectivity index (χ0) is 48.3. The highest BCUT2D eigenvalue weighted by atomic mass is 32.2. The summed E-state index contributed by atoms with van der Waals surface area (Å²) in [5.41, 5.74) is -0.581. The van der Waals surface area contributed by atoms with Crippen LogP contribution in [0.2, 0.25) is 0 Å². The topological polar surface area (TPSA) is 232 Å². The van der Waals surface area contributed by atoms with Crippen molar-refractivity contribution in [1.82, 2.24) is 34.8 Å². The Balaban J connectivity index is 1.18. The number of methoxy groups -OCH3 is 1. The van der Waals surface area contributed by atoms with Gasteiger partial charge in [0, 0.05) is 59.9 Å². The molecule has 2 fully saturated rings. The average Bonchev–Trinajstić information content (AvgIpc) is 3.54. The summed E-state index contributed by atoms with van der Waals surface area (Å²) < 4.78 is 46.1. The second kappa shape index (κ2) is 20.2. The number of carbonyl (C=O) groups excluding carboxylic acids is 3. The number of pyridine rings is 2. The monoisotopic (exact) mass is 960 g/mol. The number of benzene rings is 1. The average molecular weight is 961 g/mol. The van der Waals surface area contributed by atoms with E-state index in [-0.39, 0.29) is 43.4 Å². The maximum absolute atomic E-state index is 15.0. The van der Waals surface area contributed by atoms with Crippen LogP contribution >= 0.6 is 11.3 Å². The predicted molar refractivity (Wildman–Crippen MR) is 252 cm³/mol. The van der Waals surface area contributed by atoms with Gasteiger partial charge in [0.1, 0.15) is 47.0 Å². The first-order valence-corrected chi connectivity index (χ1v) is 24.9. The number of hydrogen-bond donors (Lipinski definition) is 4. The van der Waals surface area contributed by atoms with Crippen molar-refractivity contribution >= 4 is 61.3 Å². The number of aliphatic carboxylic acids is 1. The minimum Gasteiger partial charge on any atom is -0.497 e. The van der Waals surface area contributed by atoms with Crippen LogP contribution in [0.25, 0.3) is 22.3 Å². The van der Waals surface area contributed by atoms with E-state index in [0.29, 0.717) is 53.1 Å². The number of anilines is 1. The zero-order valence-electron chi connectivity index (χ0n) is 38.9. The van der Waals surface area contributed by atoms with E-state index in [2.05, 4.69) is 20.9 Å². The van der Waals surface area contributed by atoms with Crippen molar-refractivity contribution in [2.24, 2.45) is 11.3 Å². The lowest BCUT2D eigenvalue weighted by atomic mass is 9.89. The van der Waals surface area contributed by atoms with Crippen molar-refractivity contribution in [2.75, 3.05) is 32.6 Å². The number of nitrogens with zero attached hydrogens (tertiary/aromatic N) is 5. The second-order valence-corrected chi connectivity index (χ2v) is 21.6. The molecule has 2 aliphatic heterocycles. The third-order valence-corrected chi connectivity index (χ3v) is 14.8. The molecule has 6 atom stereocenters. The molecule has 0 radical (unpaired) electrons. The van der Waals surface area contributed by atoms with Crippen LogP contribution in [-0.2, 0) is 29.1 Å². The molecule has 1 saturated heterocycles. The Kier molecular flexibility index (Phi) is 14.8. The van der Waals surface area contributed by atoms with Gasteiger partial charge >= 0.3 is 12.1 Å². The molecule has 4 aromatic rings. The number of sulfonamides is 1. The molecule has 3 aliphatic rings. The molecule has 1 saturated carbocycles. The number of carboxylic acids is 1. The zero-order valence-corrected chi connectivity index (χ0v) is 40.5. The summed E-state index contributed by atoms with van der Waals surface area (Å²) in [7, 11) is -1.10. The van der Waals surface area contributed by atoms with Gasteiger partial charge in [-0.1, -0.05) is 51.8 Å². The minimum absolute atomic E-state index is 0.00256. The van der Waals surface area contributed by atoms with E-state index in [1.54, 1.807) is 58.2 Å². The Morgan fingerprint density at radius 1 is 1.09 bits per heavy atom. The van der Waals surface area contributed by atoms with Crippen molar-refractivity contribution in [3.8, 4) is 22.9 Å². The van der Waals surface area contributed by atoms with Gasteiger partial charge in [0.25, 0.3) is 10.0 Å². The number of alkyl carbamates (subject to hydrolysis) is 1. The molecule has 67 heavy (non-hydrogen) atoms. The van der Waals surface area contributed by atoms with Crippen LogP contribution in [0.1, 0.15) is 79.6 Å². The van der Waals surface area contributed by atoms with E-state index in [1.807, 2.05) is 37.4 Å². The number of aromatic nitrogens is 3. The summed E-state index contributed by atoms with van der Waals surface area (Å²) in [6.07, 6.45) is 5.52. The molecule has 5 heterocycles. The molecule has 20 heteroatoms. The molecule has 360 valence electrons. The largest absolute Gasteiger partial charge is 0.497 e. The fraction of sp³-hybridized carbons (Fsp3) is 0.511. The molecule has 3 aromatic heterocycles. The van der Waals surface area contributed by atoms with E-state index in [4.69, 9.17) is 24.2 Å². The van der Waals surface area contributed by atoms with E-state index >= 15 is 0 Å². The van der Waals surface area contributed by atoms with Crippen molar-refractivity contribution < 1.29 is 46.9 Å². The number of carboxylic acid groups (broad SMARTS) is 1. The lowest BCUT2D eigenvalue weighted by molar-refractivity contribution is -0.145. The van der Waals surface area contributed by atoms with Crippen molar-refractivity contribution in [1.29, 1.82) is 0 Å². The minimum atomic E-state index is -4.04. The van der Waals surface area contributed by atoms with E-state index in [9.17, 15) is 32.7 Å². The predicted octanol–water partition coefficient (Wildman–Crippen LogP) is 6.24. The number of ether oxygens (including phenoxy) is 3. The number of fused-ring (bicyclic) bond motifs is 3. The number of amides is 3. The fourth-order valence-electron chi connectivity index (χ4n) is 8.35. The standard InChI is InChI=1S/C47H60N8O10S2/c1-28(2)49-44-51-36(27-66-44)35-23-38(32-19-18-30(63-7)21-34(32)50-35)64-31-22-37-41(56)53-47(43(58)59)24-29(47)15-11-9-8-10-12-16-33(42(57)55(37)25-31)52-45(60)65-39(46(3,4)5)26-54(6)67(61,62)40-17-13-14-20-48-40/h11,13-15,17-21,23,27-29,31,33,37,39H,8-10,12,16,22,24-26H2,1-7H3,(H,49,51)(H,52,60)(H,53,56)(H,58,59)/t29?,31-,33+,37+,39-,47-/m1/s1. The maximum atomic E-state index is 15.0. The molecule has 7 rings (SSSR count). The summed E-state index contributed by atoms with van der Waals surface area (Å²) in [5, 5.41) is 22.4. The van der Waals surface area contributed by atoms with Gasteiger partial charge in [0.05, 0.1) is 31.4 Å². The van der Waals surface area contributed by atoms with Gasteiger partial charge in [0.15, 0.2) is 10.2 Å². The number of allylic oxidation sites excluding steroid dienone is 1. The highest BCUT2D eigenvalue weighted by molar-refractivity contribution is 7.89. The van der Waals surface area contributed by atoms with Gasteiger partial charge < -0.3 is 40.2 Å². The molecule has 18 nitrogen and oxygen atoms in total. The molecule has 1 aromatic carbocycles. The maximum Gasteiger partial charge on any atom is 0.408 e. The van der Waals surface area contributed by atoms with E-state index in [0.717, 1.165) is 15.9 Å². The van der Waals surface area contributed by atoms with Crippen molar-refractivity contribution in [3.05, 3.63) is 66.2 Å². The lowest BCUT2D eigenvalue weighted by Gasteiger charge is -2.34. The summed E-state index contributed by atoms with van der Waals surface area (Å²) in [4.78, 5) is 71.1. The summed E-state index contributed by atoms with van der Waals surface area (Å²) in [6.45, 7) is 9.17. The Labute approximate surface area is 394 Å². The smallest absolute Gasteiger partial charge is 0.408 e. The number of rotatable bonds is 13. The lowest BCUT2D eigenvalue weighted by Crippen LogP contribution is -2.56. The third kappa shape index (κ3) is 11.3. The normalized spacial score (nSPS) is 23.1. The number of hydrogen-bond acceptors (Lipinski definition) is 14. The molecule has 1 aliphatic carbocycles. The number of likely N-dealkylation sites (N-methyl/N-ethyl adjacent to an activating group) is 1. The van der Waals surface area contributed by atoms with Crippen LogP contribution < -0.4 is 25.4 Å². The van der Waals surface area contributed by atoms with E-state index < -0.39 is 75.1 Å². The highest BCUT2D eigenvalue weighted by Crippen LogP contribution is 2.46. The number of thiazole rings is 1. The second-order valence-electron chi connectivity index (χ2n) is 18.8. The first-order valence-electron chi connectivity index (χ1n) is 22.5. The highest BCUT2D eigenvalue weighted by Gasteiger charge is 2.61. The van der Waals surface area contributed by atoms with Crippen LogP contribution in [-0.4, -0.2) is 125 Å². The van der Waals surface area contributed by atoms with Crippen molar-refractivity contribution in [2.45, 2.75) is 120 Å². The Hall–Kier alpha value is -5.86. The first-order chi connectivity index (χ1) is 31.8. The SMILES string of the molecule is COc1ccc2c(O[C@@H]3C[C@H]4C(=O)N[C@]5(C(=O)O)CC5C=CCCCCC[C@H](NC(=O)O[C@H](CN(C)S(=O)(=O)c5ccccn5)C(C)(C)C)C(=O)N4C3)cc(-c3csc(NC(C)C)n3)nc2c1. The van der Waals surface area contributed by atoms with Crippen LogP contribution in [0.3, 0.4) is 0 Å². The molecule has 0 bridgehead atoms. The molecule has 3 amide bonds. The molecule has 0 spiro atoms. The van der Waals surface area contributed by atoms with Crippen LogP contribution in [0, 0.1) is 11.3 Å². The summed E-state index contributed by atoms with van der Waals surface area (Å²) >= 11 is 1.44. The quantitative estimate of drug-likeness (QED) is 0.109. The fourth-order valence-corrected chi connectivity index (χ4v) is 10.3. The van der Waals surface area contributed by atoms with Crippen LogP contribution in [0.15, 0.2) is 71.2 Å². The molecule has 4 N–H and O–H groups in total. The van der Waals surface area contributed by atoms with Gasteiger partial charge in [-0.15, -0.1) is 11.3 Å². The van der Waals surface area contributed by atoms with Crippen LogP contribution in [0.5, 0.6) is 11.5 Å². The van der Waals surface area contributed by atoms with Gasteiger partial charge in [-0.3, -0.25) is 9.59 Å². The number of nitrogens with one attached hydrogen (secondary N) is 3. The van der Waals surface area contributed by atoms with Gasteiger partial charge in [0.2, 0.25) is 11.8 Å². The van der Waals surface area contributed by atoms with E-state index in [1.165, 1.54) is 35.5 Å². The molecular weight excluding hydrogens is 901 g/mol. The molecule has 1 unspecified atom stereocenters. The first kappa shape index (κ1) is 49.1. The van der Waals surface area contributed by atoms with Crippen LogP contribution in [0.4, 0.5) is 9.93 Å². The Bertz CT molecular complexity index is 2600. The van der Waals surface area contributed by atoms with Gasteiger partial charge in [-0.2, -0.15) is 4.31 Å². The Morgan fingerprint density at radius 3 is 2.58 bits per heavy atom. The summed E-state index contributed by atoms with van der Waals surface area (Å²) in [5.74, 6) is -1.83.